The highest BCUT2D eigenvalue weighted by atomic mass is 19.3. The molecule has 3 heterocycles. The molecule has 132 valence electrons. The second kappa shape index (κ2) is 6.25. The average molecular weight is 341 g/mol. The number of aromatic nitrogens is 1. The Hall–Kier alpha value is -1.80. The molecular weight excluding hydrogens is 320 g/mol. The van der Waals surface area contributed by atoms with E-state index in [0.29, 0.717) is 13.0 Å². The fourth-order valence-electron chi connectivity index (χ4n) is 3.36. The van der Waals surface area contributed by atoms with Crippen molar-refractivity contribution in [2.45, 2.75) is 30.8 Å². The average Bonchev–Trinajstić information content (AvgIpc) is 2.91. The highest BCUT2D eigenvalue weighted by Crippen LogP contribution is 2.30. The Morgan fingerprint density at radius 3 is 2.58 bits per heavy atom. The van der Waals surface area contributed by atoms with Gasteiger partial charge in [0.05, 0.1) is 12.1 Å². The van der Waals surface area contributed by atoms with Gasteiger partial charge in [-0.2, -0.15) is 0 Å². The van der Waals surface area contributed by atoms with Crippen molar-refractivity contribution in [2.24, 2.45) is 0 Å². The smallest absolute Gasteiger partial charge is 0.270 e. The zero-order chi connectivity index (χ0) is 17.4. The highest BCUT2D eigenvalue weighted by Gasteiger charge is 2.42. The Kier molecular flexibility index (Phi) is 4.44. The Labute approximate surface area is 138 Å². The summed E-state index contributed by atoms with van der Waals surface area (Å²) < 4.78 is 26.4. The molecule has 0 aliphatic carbocycles. The van der Waals surface area contributed by atoms with Gasteiger partial charge in [-0.25, -0.2) is 8.78 Å². The maximum Gasteiger partial charge on any atom is 0.270 e. The number of hydrogen-bond donors (Lipinski definition) is 2. The van der Waals surface area contributed by atoms with E-state index in [1.54, 1.807) is 0 Å². The van der Waals surface area contributed by atoms with Crippen molar-refractivity contribution in [3.8, 4) is 0 Å². The summed E-state index contributed by atoms with van der Waals surface area (Å²) in [7, 11) is 0. The van der Waals surface area contributed by atoms with Crippen LogP contribution in [0.2, 0.25) is 0 Å². The predicted molar refractivity (Wildman–Crippen MR) is 83.2 cm³/mol. The second-order valence-electron chi connectivity index (χ2n) is 6.76. The number of nitrogens with one attached hydrogen (secondary N) is 1. The SMILES string of the molecule is O=C(c1cccc(=O)[nH]1)N1CCC(O)(CN2CCC(F)(F)CC2)C1. The van der Waals surface area contributed by atoms with Crippen molar-refractivity contribution in [3.05, 3.63) is 34.2 Å². The molecule has 1 aromatic rings. The maximum atomic E-state index is 13.2. The van der Waals surface area contributed by atoms with Gasteiger partial charge in [0, 0.05) is 45.1 Å². The monoisotopic (exact) mass is 341 g/mol. The van der Waals surface area contributed by atoms with E-state index in [2.05, 4.69) is 4.98 Å². The van der Waals surface area contributed by atoms with Gasteiger partial charge in [-0.3, -0.25) is 14.5 Å². The molecular formula is C16H21F2N3O3. The number of halogens is 2. The van der Waals surface area contributed by atoms with E-state index in [1.807, 2.05) is 4.90 Å². The summed E-state index contributed by atoms with van der Waals surface area (Å²) >= 11 is 0. The topological polar surface area (TPSA) is 76.6 Å². The summed E-state index contributed by atoms with van der Waals surface area (Å²) in [4.78, 5) is 29.5. The Morgan fingerprint density at radius 1 is 1.21 bits per heavy atom. The Bertz CT molecular complexity index is 669. The normalized spacial score (nSPS) is 27.4. The molecule has 0 aromatic carbocycles. The largest absolute Gasteiger partial charge is 0.387 e. The fraction of sp³-hybridized carbons (Fsp3) is 0.625. The van der Waals surface area contributed by atoms with Crippen LogP contribution in [0, 0.1) is 0 Å². The van der Waals surface area contributed by atoms with Crippen LogP contribution >= 0.6 is 0 Å². The van der Waals surface area contributed by atoms with Crippen molar-refractivity contribution < 1.29 is 18.7 Å². The van der Waals surface area contributed by atoms with Crippen LogP contribution < -0.4 is 5.56 Å². The first-order chi connectivity index (χ1) is 11.3. The number of H-pyrrole nitrogens is 1. The van der Waals surface area contributed by atoms with Crippen molar-refractivity contribution in [1.82, 2.24) is 14.8 Å². The number of β-amino-alcohol motifs (C(OH)–C–C–N with tert-alkyl or cyclic N) is 1. The number of likely N-dealkylation sites (tertiary alicyclic amines) is 2. The molecule has 1 aromatic heterocycles. The molecule has 0 spiro atoms. The lowest BCUT2D eigenvalue weighted by molar-refractivity contribution is -0.0720. The van der Waals surface area contributed by atoms with E-state index in [1.165, 1.54) is 23.1 Å². The van der Waals surface area contributed by atoms with Crippen molar-refractivity contribution in [2.75, 3.05) is 32.7 Å². The number of pyridine rings is 1. The highest BCUT2D eigenvalue weighted by molar-refractivity contribution is 5.92. The van der Waals surface area contributed by atoms with Crippen LogP contribution in [0.5, 0.6) is 0 Å². The van der Waals surface area contributed by atoms with Gasteiger partial charge in [-0.15, -0.1) is 0 Å². The number of aliphatic hydroxyl groups is 1. The number of carbonyl (C=O) groups excluding carboxylic acids is 1. The van der Waals surface area contributed by atoms with E-state index in [0.717, 1.165) is 0 Å². The van der Waals surface area contributed by atoms with Gasteiger partial charge >= 0.3 is 0 Å². The number of nitrogens with zero attached hydrogens (tertiary/aromatic N) is 2. The molecule has 6 nitrogen and oxygen atoms in total. The van der Waals surface area contributed by atoms with Crippen LogP contribution in [0.25, 0.3) is 0 Å². The molecule has 24 heavy (non-hydrogen) atoms. The molecule has 8 heteroatoms. The van der Waals surface area contributed by atoms with Crippen molar-refractivity contribution in [1.29, 1.82) is 0 Å². The molecule has 2 aliphatic heterocycles. The molecule has 0 radical (unpaired) electrons. The Balaban J connectivity index is 1.60. The molecule has 0 saturated carbocycles. The van der Waals surface area contributed by atoms with Crippen LogP contribution in [0.4, 0.5) is 8.78 Å². The standard InChI is InChI=1S/C16H21F2N3O3/c17-16(18)5-7-20(8-6-16)10-15(24)4-9-21(11-15)14(23)12-2-1-3-13(22)19-12/h1-3,24H,4-11H2,(H,19,22). The van der Waals surface area contributed by atoms with Crippen molar-refractivity contribution >= 4 is 5.91 Å². The summed E-state index contributed by atoms with van der Waals surface area (Å²) in [5.74, 6) is -2.95. The molecule has 2 aliphatic rings. The second-order valence-corrected chi connectivity index (χ2v) is 6.76. The van der Waals surface area contributed by atoms with Gasteiger partial charge in [-0.1, -0.05) is 6.07 Å². The van der Waals surface area contributed by atoms with Gasteiger partial charge in [0.25, 0.3) is 11.8 Å². The van der Waals surface area contributed by atoms with Gasteiger partial charge in [-0.05, 0) is 12.5 Å². The zero-order valence-electron chi connectivity index (χ0n) is 13.3. The maximum absolute atomic E-state index is 13.2. The number of hydrogen-bond acceptors (Lipinski definition) is 4. The van der Waals surface area contributed by atoms with Gasteiger partial charge < -0.3 is 15.0 Å². The van der Waals surface area contributed by atoms with E-state index >= 15 is 0 Å². The lowest BCUT2D eigenvalue weighted by atomic mass is 10.00. The molecule has 2 N–H and O–H groups in total. The first-order valence-corrected chi connectivity index (χ1v) is 8.08. The molecule has 1 amide bonds. The predicted octanol–water partition coefficient (Wildman–Crippen LogP) is 0.683. The number of alkyl halides is 2. The van der Waals surface area contributed by atoms with Gasteiger partial charge in [0.15, 0.2) is 0 Å². The molecule has 1 unspecified atom stereocenters. The van der Waals surface area contributed by atoms with E-state index in [4.69, 9.17) is 0 Å². The van der Waals surface area contributed by atoms with Crippen molar-refractivity contribution in [3.63, 3.8) is 0 Å². The zero-order valence-corrected chi connectivity index (χ0v) is 13.3. The minimum absolute atomic E-state index is 0.135. The summed E-state index contributed by atoms with van der Waals surface area (Å²) in [5.41, 5.74) is -1.27. The Morgan fingerprint density at radius 2 is 1.92 bits per heavy atom. The minimum atomic E-state index is -2.62. The van der Waals surface area contributed by atoms with E-state index in [9.17, 15) is 23.5 Å². The fourth-order valence-corrected chi connectivity index (χ4v) is 3.36. The number of rotatable bonds is 3. The van der Waals surface area contributed by atoms with Crippen LogP contribution in [0.3, 0.4) is 0 Å². The molecule has 3 rings (SSSR count). The third kappa shape index (κ3) is 3.81. The molecule has 2 saturated heterocycles. The summed E-state index contributed by atoms with van der Waals surface area (Å²) in [6.07, 6.45) is -0.00332. The third-order valence-electron chi connectivity index (χ3n) is 4.72. The van der Waals surface area contributed by atoms with E-state index < -0.39 is 11.5 Å². The van der Waals surface area contributed by atoms with E-state index in [-0.39, 0.29) is 56.2 Å². The minimum Gasteiger partial charge on any atom is -0.387 e. The number of carbonyl (C=O) groups is 1. The number of piperidine rings is 1. The van der Waals surface area contributed by atoms with Crippen LogP contribution in [-0.2, 0) is 0 Å². The summed E-state index contributed by atoms with van der Waals surface area (Å²) in [5, 5.41) is 10.7. The number of aromatic amines is 1. The lowest BCUT2D eigenvalue weighted by Gasteiger charge is -2.36. The molecule has 1 atom stereocenters. The molecule has 2 fully saturated rings. The third-order valence-corrected chi connectivity index (χ3v) is 4.72. The first kappa shape index (κ1) is 17.0. The first-order valence-electron chi connectivity index (χ1n) is 8.08. The van der Waals surface area contributed by atoms with Gasteiger partial charge in [0.2, 0.25) is 5.56 Å². The van der Waals surface area contributed by atoms with Crippen LogP contribution in [0.15, 0.2) is 23.0 Å². The molecule has 0 bridgehead atoms. The quantitative estimate of drug-likeness (QED) is 0.848. The van der Waals surface area contributed by atoms with Crippen LogP contribution in [0.1, 0.15) is 29.8 Å². The number of amides is 1. The lowest BCUT2D eigenvalue weighted by Crippen LogP contribution is -2.49. The summed E-state index contributed by atoms with van der Waals surface area (Å²) in [6.45, 7) is 1.27. The van der Waals surface area contributed by atoms with Gasteiger partial charge in [0.1, 0.15) is 5.69 Å². The van der Waals surface area contributed by atoms with Crippen LogP contribution in [-0.4, -0.2) is 70.0 Å². The summed E-state index contributed by atoms with van der Waals surface area (Å²) in [6, 6.07) is 4.35.